The van der Waals surface area contributed by atoms with Crippen LogP contribution in [0, 0.1) is 11.8 Å². The number of aliphatic hydroxyl groups is 1. The summed E-state index contributed by atoms with van der Waals surface area (Å²) in [5.41, 5.74) is -1.90. The maximum absolute atomic E-state index is 13.7. The summed E-state index contributed by atoms with van der Waals surface area (Å²) in [4.78, 5) is 62.1. The third kappa shape index (κ3) is 10.6. The van der Waals surface area contributed by atoms with Crippen LogP contribution in [0.4, 0.5) is 0 Å². The lowest BCUT2D eigenvalue weighted by Gasteiger charge is -2.59. The number of esters is 5. The number of hydrogen-bond donors (Lipinski definition) is 3. The molecule has 0 aromatic heterocycles. The quantitative estimate of drug-likeness (QED) is 0.101. The van der Waals surface area contributed by atoms with Crippen LogP contribution in [0.15, 0.2) is 0 Å². The van der Waals surface area contributed by atoms with Gasteiger partial charge in [-0.1, -0.05) is 26.7 Å². The number of carbonyl (C=O) groups is 5. The van der Waals surface area contributed by atoms with E-state index >= 15 is 0 Å². The minimum atomic E-state index is -1.90. The zero-order chi connectivity index (χ0) is 36.3. The number of unbranched alkanes of at least 4 members (excludes halogenated alkanes) is 2. The molecule has 2 saturated heterocycles. The Labute approximate surface area is 287 Å². The Morgan fingerprint density at radius 1 is 0.898 bits per heavy atom. The van der Waals surface area contributed by atoms with E-state index in [4.69, 9.17) is 37.9 Å². The molecular weight excluding hydrogens is 648 g/mol. The molecule has 16 nitrogen and oxygen atoms in total. The van der Waals surface area contributed by atoms with Crippen molar-refractivity contribution < 1.29 is 67.0 Å². The van der Waals surface area contributed by atoms with Crippen molar-refractivity contribution >= 4 is 29.8 Å². The van der Waals surface area contributed by atoms with E-state index in [-0.39, 0.29) is 26.1 Å². The predicted octanol–water partition coefficient (Wildman–Crippen LogP) is 0.542. The van der Waals surface area contributed by atoms with Gasteiger partial charge < -0.3 is 48.3 Å². The van der Waals surface area contributed by atoms with E-state index in [0.717, 1.165) is 25.7 Å². The summed E-state index contributed by atoms with van der Waals surface area (Å²) >= 11 is 0. The van der Waals surface area contributed by atoms with Crippen molar-refractivity contribution in [2.45, 2.75) is 128 Å². The average Bonchev–Trinajstić information content (AvgIpc) is 3.02. The third-order valence-electron chi connectivity index (χ3n) is 9.02. The molecule has 2 aliphatic heterocycles. The van der Waals surface area contributed by atoms with Gasteiger partial charge in [-0.15, -0.1) is 0 Å². The van der Waals surface area contributed by atoms with Crippen molar-refractivity contribution in [1.29, 1.82) is 0 Å². The molecule has 1 aliphatic carbocycles. The molecule has 3 N–H and O–H groups in total. The van der Waals surface area contributed by atoms with Crippen molar-refractivity contribution in [3.8, 4) is 0 Å². The number of fused-ring (bicyclic) bond motifs is 1. The van der Waals surface area contributed by atoms with Gasteiger partial charge in [0, 0.05) is 66.5 Å². The summed E-state index contributed by atoms with van der Waals surface area (Å²) in [7, 11) is 1.19. The van der Waals surface area contributed by atoms with Gasteiger partial charge in [0.15, 0.2) is 0 Å². The highest BCUT2D eigenvalue weighted by Gasteiger charge is 2.68. The summed E-state index contributed by atoms with van der Waals surface area (Å²) in [5.74, 6) is -5.14. The lowest BCUT2D eigenvalue weighted by molar-refractivity contribution is -0.315. The monoisotopic (exact) mass is 702 g/mol. The molecule has 1 saturated carbocycles. The summed E-state index contributed by atoms with van der Waals surface area (Å²) in [6, 6.07) is -0.467. The van der Waals surface area contributed by atoms with Crippen LogP contribution >= 0.6 is 0 Å². The van der Waals surface area contributed by atoms with E-state index in [9.17, 15) is 29.1 Å². The van der Waals surface area contributed by atoms with Gasteiger partial charge >= 0.3 is 29.8 Å². The highest BCUT2D eigenvalue weighted by atomic mass is 16.6. The van der Waals surface area contributed by atoms with Crippen molar-refractivity contribution in [3.63, 3.8) is 0 Å². The second kappa shape index (κ2) is 18.9. The average molecular weight is 703 g/mol. The largest absolute Gasteiger partial charge is 0.466 e. The van der Waals surface area contributed by atoms with E-state index in [2.05, 4.69) is 10.6 Å². The molecule has 2 heterocycles. The number of hydrogen-bond acceptors (Lipinski definition) is 16. The second-order valence-corrected chi connectivity index (χ2v) is 12.8. The van der Waals surface area contributed by atoms with E-state index in [1.807, 2.05) is 13.8 Å². The number of piperidine rings is 1. The Bertz CT molecular complexity index is 1140. The van der Waals surface area contributed by atoms with Crippen molar-refractivity contribution in [2.75, 3.05) is 40.0 Å². The number of aliphatic hydroxyl groups excluding tert-OH is 1. The van der Waals surface area contributed by atoms with Gasteiger partial charge in [0.2, 0.25) is 5.72 Å². The van der Waals surface area contributed by atoms with Crippen LogP contribution in [0.25, 0.3) is 0 Å². The van der Waals surface area contributed by atoms with E-state index in [1.54, 1.807) is 0 Å². The van der Waals surface area contributed by atoms with E-state index in [0.29, 0.717) is 13.2 Å². The molecule has 0 spiro atoms. The Balaban J connectivity index is 1.98. The topological polar surface area (TPSA) is 203 Å². The molecule has 5 unspecified atom stereocenters. The van der Waals surface area contributed by atoms with Crippen LogP contribution in [-0.4, -0.2) is 129 Å². The molecule has 0 radical (unpaired) electrons. The molecular formula is C33H54N2O14. The first-order valence-corrected chi connectivity index (χ1v) is 17.1. The zero-order valence-electron chi connectivity index (χ0n) is 29.6. The van der Waals surface area contributed by atoms with Gasteiger partial charge in [0.25, 0.3) is 0 Å². The van der Waals surface area contributed by atoms with Crippen LogP contribution < -0.4 is 10.6 Å². The molecule has 3 aliphatic rings. The molecule has 11 atom stereocenters. The number of ether oxygens (including phenoxy) is 8. The van der Waals surface area contributed by atoms with Gasteiger partial charge in [-0.2, -0.15) is 0 Å². The van der Waals surface area contributed by atoms with Crippen LogP contribution in [0.3, 0.4) is 0 Å². The Morgan fingerprint density at radius 3 is 2.08 bits per heavy atom. The minimum Gasteiger partial charge on any atom is -0.466 e. The molecule has 3 rings (SSSR count). The molecule has 0 aromatic carbocycles. The maximum atomic E-state index is 13.7. The van der Waals surface area contributed by atoms with Crippen LogP contribution in [0.1, 0.15) is 73.6 Å². The van der Waals surface area contributed by atoms with Gasteiger partial charge in [-0.3, -0.25) is 24.5 Å². The molecule has 16 heteroatoms. The van der Waals surface area contributed by atoms with Crippen LogP contribution in [0.5, 0.6) is 0 Å². The van der Waals surface area contributed by atoms with Crippen LogP contribution in [-0.2, 0) is 61.9 Å². The highest BCUT2D eigenvalue weighted by Crippen LogP contribution is 2.52. The number of carbonyl (C=O) groups excluding carboxylic acids is 5. The van der Waals surface area contributed by atoms with Gasteiger partial charge in [-0.05, 0) is 12.8 Å². The Hall–Kier alpha value is -2.89. The first-order valence-electron chi connectivity index (χ1n) is 17.1. The zero-order valence-corrected chi connectivity index (χ0v) is 29.6. The standard InChI is InChI=1S/C33H54N2O14/c1-8-10-12-43-28-22(34-16-23(40)29(28)44-13-11-9-2)15-35-33(32(41)42-7)14-24(46-19(4)37)26-30(48-21(6)39)27(31(26)49-33)25(47-20(5)38)17-45-18(3)36/h22-31,34-35,40H,8-17H2,1-7H3/t22-,23+,24-,25?,26+,27?,28?,29-,30?,31?,33-/m1/s1. The first-order chi connectivity index (χ1) is 23.3. The van der Waals surface area contributed by atoms with E-state index in [1.165, 1.54) is 34.8 Å². The lowest BCUT2D eigenvalue weighted by Crippen LogP contribution is -2.76. The smallest absolute Gasteiger partial charge is 0.353 e. The first kappa shape index (κ1) is 40.5. The number of methoxy groups -OCH3 is 1. The summed E-state index contributed by atoms with van der Waals surface area (Å²) < 4.78 is 46.2. The highest BCUT2D eigenvalue weighted by molar-refractivity contribution is 5.79. The molecule has 0 bridgehead atoms. The maximum Gasteiger partial charge on any atom is 0.353 e. The van der Waals surface area contributed by atoms with Gasteiger partial charge in [-0.25, -0.2) is 4.79 Å². The molecule has 280 valence electrons. The van der Waals surface area contributed by atoms with E-state index < -0.39 is 96.2 Å². The summed E-state index contributed by atoms with van der Waals surface area (Å²) in [5, 5.41) is 17.4. The van der Waals surface area contributed by atoms with Crippen LogP contribution in [0.2, 0.25) is 0 Å². The van der Waals surface area contributed by atoms with Crippen molar-refractivity contribution in [1.82, 2.24) is 10.6 Å². The summed E-state index contributed by atoms with van der Waals surface area (Å²) in [6.45, 7) is 9.61. The Kier molecular flexibility index (Phi) is 15.7. The number of rotatable bonds is 18. The molecule has 3 fully saturated rings. The second-order valence-electron chi connectivity index (χ2n) is 12.8. The van der Waals surface area contributed by atoms with Gasteiger partial charge in [0.1, 0.15) is 37.1 Å². The third-order valence-corrected chi connectivity index (χ3v) is 9.02. The minimum absolute atomic E-state index is 0.0648. The van der Waals surface area contributed by atoms with Gasteiger partial charge in [0.05, 0.1) is 31.2 Å². The number of nitrogens with one attached hydrogen (secondary N) is 2. The molecule has 0 amide bonds. The SMILES string of the molecule is CCCCOC1[C@@H](CN[C@]2(C(=O)OC)C[C@@H](OC(C)=O)[C@H]3C(OC(C)=O)C(C(COC(C)=O)OC(C)=O)C3O2)NC[C@H](O)[C@H]1OCCCC. The normalized spacial score (nSPS) is 32.9. The number of β-amino-alcohol motifs (C(OH)–C–C–N with tert-alkyl or cyclic N) is 1. The molecule has 49 heavy (non-hydrogen) atoms. The molecule has 0 aromatic rings. The fraction of sp³-hybridized carbons (Fsp3) is 0.848. The van der Waals surface area contributed by atoms with Crippen molar-refractivity contribution in [3.05, 3.63) is 0 Å². The summed E-state index contributed by atoms with van der Waals surface area (Å²) in [6.07, 6.45) is -3.03. The lowest BCUT2D eigenvalue weighted by atomic mass is 9.61. The predicted molar refractivity (Wildman–Crippen MR) is 170 cm³/mol. The fourth-order valence-electron chi connectivity index (χ4n) is 6.81. The fourth-order valence-corrected chi connectivity index (χ4v) is 6.81. The Morgan fingerprint density at radius 2 is 1.53 bits per heavy atom. The van der Waals surface area contributed by atoms with Crippen molar-refractivity contribution in [2.24, 2.45) is 11.8 Å².